The van der Waals surface area contributed by atoms with E-state index in [4.69, 9.17) is 0 Å². The van der Waals surface area contributed by atoms with Gasteiger partial charge in [-0.2, -0.15) is 0 Å². The highest BCUT2D eigenvalue weighted by Crippen LogP contribution is 2.21. The van der Waals surface area contributed by atoms with Crippen molar-refractivity contribution in [1.82, 2.24) is 4.90 Å². The first kappa shape index (κ1) is 13.9. The molecule has 1 fully saturated rings. The van der Waals surface area contributed by atoms with Gasteiger partial charge in [-0.25, -0.2) is 0 Å². The van der Waals surface area contributed by atoms with Gasteiger partial charge in [0.1, 0.15) is 0 Å². The largest absolute Gasteiger partial charge is 0.303 e. The zero-order valence-electron chi connectivity index (χ0n) is 8.47. The molecule has 0 heterocycles. The van der Waals surface area contributed by atoms with Crippen molar-refractivity contribution in [3.8, 4) is 0 Å². The van der Waals surface area contributed by atoms with Gasteiger partial charge >= 0.3 is 0 Å². The number of alkyl halides is 1. The Morgan fingerprint density at radius 1 is 1.23 bits per heavy atom. The average Bonchev–Trinajstić information content (AvgIpc) is 2.15. The normalized spacial score (nSPS) is 18.7. The summed E-state index contributed by atoms with van der Waals surface area (Å²) in [6.07, 6.45) is 8.50. The molecule has 0 aromatic heterocycles. The van der Waals surface area contributed by atoms with Gasteiger partial charge in [-0.05, 0) is 32.9 Å². The molecule has 0 spiro atoms. The summed E-state index contributed by atoms with van der Waals surface area (Å²) in [6, 6.07) is 0.887. The smallest absolute Gasteiger partial charge is 0.00922 e. The highest BCUT2D eigenvalue weighted by Gasteiger charge is 2.16. The predicted molar refractivity (Wildman–Crippen MR) is 68.2 cm³/mol. The predicted octanol–water partition coefficient (Wildman–Crippen LogP) is 3.61. The lowest BCUT2D eigenvalue weighted by atomic mass is 9.94. The SMILES string of the molecule is Br.CN(CCCBr)C1CCCCC1. The molecule has 1 aliphatic rings. The summed E-state index contributed by atoms with van der Waals surface area (Å²) >= 11 is 3.48. The van der Waals surface area contributed by atoms with Crippen molar-refractivity contribution < 1.29 is 0 Å². The molecule has 0 aromatic carbocycles. The number of hydrogen-bond acceptors (Lipinski definition) is 1. The van der Waals surface area contributed by atoms with Gasteiger partial charge in [-0.15, -0.1) is 17.0 Å². The van der Waals surface area contributed by atoms with E-state index in [-0.39, 0.29) is 17.0 Å². The third-order valence-electron chi connectivity index (χ3n) is 2.84. The Bertz CT molecular complexity index is 113. The maximum atomic E-state index is 3.48. The minimum atomic E-state index is 0. The second-order valence-corrected chi connectivity index (χ2v) is 4.61. The number of hydrogen-bond donors (Lipinski definition) is 0. The van der Waals surface area contributed by atoms with Crippen molar-refractivity contribution >= 4 is 32.9 Å². The molecular formula is C10H21Br2N. The minimum Gasteiger partial charge on any atom is -0.303 e. The van der Waals surface area contributed by atoms with Crippen molar-refractivity contribution in [3.63, 3.8) is 0 Å². The lowest BCUT2D eigenvalue weighted by Crippen LogP contribution is -2.34. The molecule has 0 unspecified atom stereocenters. The van der Waals surface area contributed by atoms with Gasteiger partial charge in [0.2, 0.25) is 0 Å². The van der Waals surface area contributed by atoms with Crippen LogP contribution in [0.25, 0.3) is 0 Å². The molecule has 0 radical (unpaired) electrons. The Balaban J connectivity index is 0.00000144. The molecule has 0 bridgehead atoms. The average molecular weight is 315 g/mol. The summed E-state index contributed by atoms with van der Waals surface area (Å²) in [5.41, 5.74) is 0. The molecule has 1 aliphatic carbocycles. The first-order valence-corrected chi connectivity index (χ1v) is 6.23. The van der Waals surface area contributed by atoms with E-state index in [9.17, 15) is 0 Å². The monoisotopic (exact) mass is 313 g/mol. The van der Waals surface area contributed by atoms with E-state index in [1.165, 1.54) is 45.1 Å². The number of rotatable bonds is 4. The topological polar surface area (TPSA) is 3.24 Å². The standard InChI is InChI=1S/C10H20BrN.BrH/c1-12(9-5-8-11)10-6-3-2-4-7-10;/h10H,2-9H2,1H3;1H. The van der Waals surface area contributed by atoms with Crippen molar-refractivity contribution in [2.24, 2.45) is 0 Å². The fourth-order valence-electron chi connectivity index (χ4n) is 2.01. The maximum Gasteiger partial charge on any atom is 0.00922 e. The van der Waals surface area contributed by atoms with Crippen LogP contribution in [0.5, 0.6) is 0 Å². The molecule has 0 amide bonds. The summed E-state index contributed by atoms with van der Waals surface area (Å²) in [7, 11) is 2.28. The number of nitrogens with zero attached hydrogens (tertiary/aromatic N) is 1. The highest BCUT2D eigenvalue weighted by molar-refractivity contribution is 9.09. The number of halogens is 2. The summed E-state index contributed by atoms with van der Waals surface area (Å²) in [4.78, 5) is 2.54. The molecule has 0 N–H and O–H groups in total. The molecule has 0 aromatic rings. The van der Waals surface area contributed by atoms with Crippen LogP contribution in [0.3, 0.4) is 0 Å². The van der Waals surface area contributed by atoms with Crippen LogP contribution < -0.4 is 0 Å². The molecular weight excluding hydrogens is 294 g/mol. The van der Waals surface area contributed by atoms with Crippen LogP contribution in [0, 0.1) is 0 Å². The molecule has 0 saturated heterocycles. The molecule has 0 atom stereocenters. The van der Waals surface area contributed by atoms with Gasteiger partial charge in [0.15, 0.2) is 0 Å². The van der Waals surface area contributed by atoms with Crippen molar-refractivity contribution in [2.75, 3.05) is 18.9 Å². The second kappa shape index (κ2) is 8.25. The molecule has 80 valence electrons. The van der Waals surface area contributed by atoms with Crippen molar-refractivity contribution in [2.45, 2.75) is 44.6 Å². The molecule has 1 nitrogen and oxygen atoms in total. The fraction of sp³-hybridized carbons (Fsp3) is 1.00. The van der Waals surface area contributed by atoms with Gasteiger partial charge < -0.3 is 4.90 Å². The third kappa shape index (κ3) is 5.38. The van der Waals surface area contributed by atoms with Crippen LogP contribution in [-0.4, -0.2) is 29.9 Å². The van der Waals surface area contributed by atoms with Crippen LogP contribution in [0.4, 0.5) is 0 Å². The van der Waals surface area contributed by atoms with E-state index < -0.39 is 0 Å². The lowest BCUT2D eigenvalue weighted by Gasteiger charge is -2.30. The van der Waals surface area contributed by atoms with E-state index in [0.29, 0.717) is 0 Å². The van der Waals surface area contributed by atoms with Crippen molar-refractivity contribution in [1.29, 1.82) is 0 Å². The van der Waals surface area contributed by atoms with Crippen LogP contribution in [0.2, 0.25) is 0 Å². The second-order valence-electron chi connectivity index (χ2n) is 3.81. The van der Waals surface area contributed by atoms with Crippen LogP contribution in [0.1, 0.15) is 38.5 Å². The quantitative estimate of drug-likeness (QED) is 0.716. The minimum absolute atomic E-state index is 0. The van der Waals surface area contributed by atoms with Gasteiger partial charge in [0.25, 0.3) is 0 Å². The van der Waals surface area contributed by atoms with Crippen LogP contribution in [0.15, 0.2) is 0 Å². The summed E-state index contributed by atoms with van der Waals surface area (Å²) in [6.45, 7) is 1.26. The Morgan fingerprint density at radius 3 is 2.38 bits per heavy atom. The van der Waals surface area contributed by atoms with Gasteiger partial charge in [0.05, 0.1) is 0 Å². The third-order valence-corrected chi connectivity index (χ3v) is 3.40. The van der Waals surface area contributed by atoms with Crippen molar-refractivity contribution in [3.05, 3.63) is 0 Å². The van der Waals surface area contributed by atoms with E-state index >= 15 is 0 Å². The Kier molecular flexibility index (Phi) is 8.83. The summed E-state index contributed by atoms with van der Waals surface area (Å²) < 4.78 is 0. The Hall–Kier alpha value is 0.920. The van der Waals surface area contributed by atoms with E-state index in [1.807, 2.05) is 0 Å². The first-order valence-electron chi connectivity index (χ1n) is 5.11. The Morgan fingerprint density at radius 2 is 1.85 bits per heavy atom. The molecule has 1 rings (SSSR count). The first-order chi connectivity index (χ1) is 5.84. The zero-order valence-corrected chi connectivity index (χ0v) is 11.8. The molecule has 1 saturated carbocycles. The zero-order chi connectivity index (χ0) is 8.81. The van der Waals surface area contributed by atoms with E-state index in [0.717, 1.165) is 11.4 Å². The van der Waals surface area contributed by atoms with Gasteiger partial charge in [-0.1, -0.05) is 35.2 Å². The summed E-state index contributed by atoms with van der Waals surface area (Å²) in [5, 5.41) is 1.14. The lowest BCUT2D eigenvalue weighted by molar-refractivity contribution is 0.193. The molecule has 0 aliphatic heterocycles. The fourth-order valence-corrected chi connectivity index (χ4v) is 2.26. The van der Waals surface area contributed by atoms with Crippen LogP contribution in [-0.2, 0) is 0 Å². The van der Waals surface area contributed by atoms with E-state index in [1.54, 1.807) is 0 Å². The van der Waals surface area contributed by atoms with Crippen LogP contribution >= 0.6 is 32.9 Å². The maximum absolute atomic E-state index is 3.48. The molecule has 3 heteroatoms. The van der Waals surface area contributed by atoms with Gasteiger partial charge in [0, 0.05) is 11.4 Å². The van der Waals surface area contributed by atoms with E-state index in [2.05, 4.69) is 27.9 Å². The summed E-state index contributed by atoms with van der Waals surface area (Å²) in [5.74, 6) is 0. The Labute approximate surface area is 101 Å². The highest BCUT2D eigenvalue weighted by atomic mass is 79.9. The molecule has 13 heavy (non-hydrogen) atoms. The van der Waals surface area contributed by atoms with Gasteiger partial charge in [-0.3, -0.25) is 0 Å².